The quantitative estimate of drug-likeness (QED) is 0.679. The van der Waals surface area contributed by atoms with Crippen LogP contribution >= 0.6 is 0 Å². The normalized spacial score (nSPS) is 10.2. The van der Waals surface area contributed by atoms with Crippen molar-refractivity contribution in [2.45, 2.75) is 0 Å². The lowest BCUT2D eigenvalue weighted by molar-refractivity contribution is -0.118. The highest BCUT2D eigenvalue weighted by molar-refractivity contribution is 5.95. The summed E-state index contributed by atoms with van der Waals surface area (Å²) in [6.07, 6.45) is 1.25. The van der Waals surface area contributed by atoms with E-state index in [1.807, 2.05) is 0 Å². The van der Waals surface area contributed by atoms with Crippen LogP contribution in [0.1, 0.15) is 10.4 Å². The van der Waals surface area contributed by atoms with Crippen LogP contribution in [0.4, 0.5) is 5.69 Å². The molecule has 2 aromatic carbocycles. The molecule has 0 aliphatic heterocycles. The van der Waals surface area contributed by atoms with Gasteiger partial charge in [-0.15, -0.1) is 10.2 Å². The summed E-state index contributed by atoms with van der Waals surface area (Å²) in [5.41, 5.74) is 1.58. The highest BCUT2D eigenvalue weighted by atomic mass is 16.5. The van der Waals surface area contributed by atoms with Crippen molar-refractivity contribution in [1.82, 2.24) is 10.2 Å². The van der Waals surface area contributed by atoms with Crippen LogP contribution in [0, 0.1) is 0 Å². The SMILES string of the molecule is COC(=O)c1cccc(NC(=O)COc2ccc(-c3nnco3)cc2)c1. The summed E-state index contributed by atoms with van der Waals surface area (Å²) in [5.74, 6) is 0.0955. The molecule has 0 radical (unpaired) electrons. The molecule has 1 N–H and O–H groups in total. The first-order valence-electron chi connectivity index (χ1n) is 7.63. The largest absolute Gasteiger partial charge is 0.484 e. The van der Waals surface area contributed by atoms with Gasteiger partial charge in [0.05, 0.1) is 12.7 Å². The Kier molecular flexibility index (Phi) is 5.23. The fourth-order valence-electron chi connectivity index (χ4n) is 2.18. The molecule has 0 unspecified atom stereocenters. The van der Waals surface area contributed by atoms with Crippen molar-refractivity contribution >= 4 is 17.6 Å². The number of esters is 1. The van der Waals surface area contributed by atoms with E-state index in [0.717, 1.165) is 5.56 Å². The molecular formula is C18H15N3O5. The number of methoxy groups -OCH3 is 1. The molecule has 0 atom stereocenters. The number of anilines is 1. The van der Waals surface area contributed by atoms with Crippen LogP contribution in [0.3, 0.4) is 0 Å². The predicted molar refractivity (Wildman–Crippen MR) is 91.6 cm³/mol. The lowest BCUT2D eigenvalue weighted by Gasteiger charge is -2.08. The summed E-state index contributed by atoms with van der Waals surface area (Å²) in [4.78, 5) is 23.5. The smallest absolute Gasteiger partial charge is 0.337 e. The Balaban J connectivity index is 1.55. The van der Waals surface area contributed by atoms with E-state index in [0.29, 0.717) is 22.9 Å². The fraction of sp³-hybridized carbons (Fsp3) is 0.111. The molecule has 0 aliphatic rings. The Hall–Kier alpha value is -3.68. The Bertz CT molecular complexity index is 891. The van der Waals surface area contributed by atoms with E-state index in [-0.39, 0.29) is 12.5 Å². The number of hydrogen-bond donors (Lipinski definition) is 1. The number of benzene rings is 2. The number of carbonyl (C=O) groups is 2. The van der Waals surface area contributed by atoms with Crippen LogP contribution in [-0.4, -0.2) is 35.8 Å². The van der Waals surface area contributed by atoms with Crippen molar-refractivity contribution in [3.63, 3.8) is 0 Å². The molecule has 1 amide bonds. The summed E-state index contributed by atoms with van der Waals surface area (Å²) in [5, 5.41) is 10.1. The average molecular weight is 353 g/mol. The van der Waals surface area contributed by atoms with Crippen LogP contribution < -0.4 is 10.1 Å². The molecule has 0 saturated heterocycles. The number of nitrogens with one attached hydrogen (secondary N) is 1. The standard InChI is InChI=1S/C18H15N3O5/c1-24-18(23)13-3-2-4-14(9-13)20-16(22)10-25-15-7-5-12(6-8-15)17-21-19-11-26-17/h2-9,11H,10H2,1H3,(H,20,22). The third-order valence-electron chi connectivity index (χ3n) is 3.40. The number of rotatable bonds is 6. The maximum absolute atomic E-state index is 12.0. The molecule has 3 rings (SSSR count). The van der Waals surface area contributed by atoms with Crippen LogP contribution in [-0.2, 0) is 9.53 Å². The topological polar surface area (TPSA) is 104 Å². The van der Waals surface area contributed by atoms with Crippen molar-refractivity contribution in [2.75, 3.05) is 19.0 Å². The van der Waals surface area contributed by atoms with Gasteiger partial charge in [-0.3, -0.25) is 4.79 Å². The molecule has 0 fully saturated rings. The lowest BCUT2D eigenvalue weighted by Crippen LogP contribution is -2.20. The van der Waals surface area contributed by atoms with Gasteiger partial charge in [0.1, 0.15) is 5.75 Å². The third kappa shape index (κ3) is 4.23. The van der Waals surface area contributed by atoms with Crippen molar-refractivity contribution in [1.29, 1.82) is 0 Å². The lowest BCUT2D eigenvalue weighted by atomic mass is 10.2. The zero-order chi connectivity index (χ0) is 18.4. The second-order valence-electron chi connectivity index (χ2n) is 5.18. The Morgan fingerprint density at radius 3 is 2.65 bits per heavy atom. The number of amides is 1. The molecule has 1 aromatic heterocycles. The average Bonchev–Trinajstić information content (AvgIpc) is 3.21. The second-order valence-corrected chi connectivity index (χ2v) is 5.18. The second kappa shape index (κ2) is 7.93. The van der Waals surface area contributed by atoms with Gasteiger partial charge in [0.25, 0.3) is 5.91 Å². The minimum Gasteiger partial charge on any atom is -0.484 e. The Morgan fingerprint density at radius 1 is 1.15 bits per heavy atom. The maximum Gasteiger partial charge on any atom is 0.337 e. The van der Waals surface area contributed by atoms with Crippen LogP contribution in [0.2, 0.25) is 0 Å². The van der Waals surface area contributed by atoms with E-state index >= 15 is 0 Å². The first kappa shape index (κ1) is 17.2. The van der Waals surface area contributed by atoms with Gasteiger partial charge in [-0.2, -0.15) is 0 Å². The summed E-state index contributed by atoms with van der Waals surface area (Å²) in [6, 6.07) is 13.4. The molecular weight excluding hydrogens is 338 g/mol. The minimum absolute atomic E-state index is 0.178. The maximum atomic E-state index is 12.0. The summed E-state index contributed by atoms with van der Waals surface area (Å²) in [6.45, 7) is -0.178. The minimum atomic E-state index is -0.473. The molecule has 132 valence electrons. The summed E-state index contributed by atoms with van der Waals surface area (Å²) in [7, 11) is 1.30. The van der Waals surface area contributed by atoms with Gasteiger partial charge in [0, 0.05) is 11.3 Å². The molecule has 0 bridgehead atoms. The van der Waals surface area contributed by atoms with Gasteiger partial charge in [0.2, 0.25) is 12.3 Å². The van der Waals surface area contributed by atoms with E-state index in [2.05, 4.69) is 20.3 Å². The molecule has 0 saturated carbocycles. The van der Waals surface area contributed by atoms with Gasteiger partial charge < -0.3 is 19.2 Å². The molecule has 3 aromatic rings. The Labute approximate surface area is 148 Å². The molecule has 8 heteroatoms. The molecule has 0 aliphatic carbocycles. The van der Waals surface area contributed by atoms with E-state index in [4.69, 9.17) is 9.15 Å². The number of nitrogens with zero attached hydrogens (tertiary/aromatic N) is 2. The van der Waals surface area contributed by atoms with Crippen molar-refractivity contribution < 1.29 is 23.5 Å². The zero-order valence-electron chi connectivity index (χ0n) is 13.8. The van der Waals surface area contributed by atoms with Gasteiger partial charge in [-0.25, -0.2) is 4.79 Å². The molecule has 1 heterocycles. The fourth-order valence-corrected chi connectivity index (χ4v) is 2.18. The number of carbonyl (C=O) groups excluding carboxylic acids is 2. The monoisotopic (exact) mass is 353 g/mol. The first-order valence-corrected chi connectivity index (χ1v) is 7.63. The highest BCUT2D eigenvalue weighted by Gasteiger charge is 2.09. The number of hydrogen-bond acceptors (Lipinski definition) is 7. The van der Waals surface area contributed by atoms with Crippen molar-refractivity contribution in [3.05, 3.63) is 60.5 Å². The zero-order valence-corrected chi connectivity index (χ0v) is 13.8. The first-order chi connectivity index (χ1) is 12.7. The van der Waals surface area contributed by atoms with Crippen LogP contribution in [0.15, 0.2) is 59.3 Å². The van der Waals surface area contributed by atoms with Crippen molar-refractivity contribution in [3.8, 4) is 17.2 Å². The van der Waals surface area contributed by atoms with Crippen molar-refractivity contribution in [2.24, 2.45) is 0 Å². The van der Waals surface area contributed by atoms with E-state index < -0.39 is 5.97 Å². The van der Waals surface area contributed by atoms with E-state index in [1.165, 1.54) is 19.6 Å². The molecule has 0 spiro atoms. The summed E-state index contributed by atoms with van der Waals surface area (Å²) < 4.78 is 15.2. The summed E-state index contributed by atoms with van der Waals surface area (Å²) >= 11 is 0. The van der Waals surface area contributed by atoms with Gasteiger partial charge in [0.15, 0.2) is 6.61 Å². The molecule has 26 heavy (non-hydrogen) atoms. The highest BCUT2D eigenvalue weighted by Crippen LogP contribution is 2.20. The van der Waals surface area contributed by atoms with Gasteiger partial charge >= 0.3 is 5.97 Å². The van der Waals surface area contributed by atoms with Gasteiger partial charge in [-0.1, -0.05) is 6.07 Å². The number of ether oxygens (including phenoxy) is 2. The Morgan fingerprint density at radius 2 is 1.96 bits per heavy atom. The molecule has 8 nitrogen and oxygen atoms in total. The number of aromatic nitrogens is 2. The van der Waals surface area contributed by atoms with E-state index in [9.17, 15) is 9.59 Å². The van der Waals surface area contributed by atoms with Crippen LogP contribution in [0.25, 0.3) is 11.5 Å². The van der Waals surface area contributed by atoms with Crippen LogP contribution in [0.5, 0.6) is 5.75 Å². The third-order valence-corrected chi connectivity index (χ3v) is 3.40. The van der Waals surface area contributed by atoms with E-state index in [1.54, 1.807) is 42.5 Å². The van der Waals surface area contributed by atoms with Gasteiger partial charge in [-0.05, 0) is 42.5 Å². The predicted octanol–water partition coefficient (Wildman–Crippen LogP) is 2.54.